The van der Waals surface area contributed by atoms with E-state index in [2.05, 4.69) is 4.90 Å². The topological polar surface area (TPSA) is 32.8 Å². The van der Waals surface area contributed by atoms with Gasteiger partial charge in [0.15, 0.2) is 0 Å². The molecule has 0 atom stereocenters. The molecule has 0 unspecified atom stereocenters. The molecule has 1 fully saturated rings. The van der Waals surface area contributed by atoms with Crippen molar-refractivity contribution in [1.29, 1.82) is 0 Å². The standard InChI is InChI=1S/C20H22F2N2O2/c21-17-3-1-16(2-4-17)15-20(25)24-11-9-23(10-12-24)13-14-26-19-7-5-18(22)6-8-19/h1-8H,9-15H2. The van der Waals surface area contributed by atoms with E-state index in [0.29, 0.717) is 31.9 Å². The zero-order chi connectivity index (χ0) is 18.4. The van der Waals surface area contributed by atoms with Crippen molar-refractivity contribution in [1.82, 2.24) is 9.80 Å². The molecule has 0 N–H and O–H groups in total. The van der Waals surface area contributed by atoms with Crippen LogP contribution in [-0.2, 0) is 11.2 Å². The fourth-order valence-electron chi connectivity index (χ4n) is 2.93. The number of carbonyl (C=O) groups is 1. The summed E-state index contributed by atoms with van der Waals surface area (Å²) < 4.78 is 31.4. The highest BCUT2D eigenvalue weighted by atomic mass is 19.1. The number of amides is 1. The molecule has 6 heteroatoms. The van der Waals surface area contributed by atoms with Crippen LogP contribution in [-0.4, -0.2) is 55.0 Å². The highest BCUT2D eigenvalue weighted by molar-refractivity contribution is 5.78. The average molecular weight is 360 g/mol. The number of halogens is 2. The molecule has 0 aliphatic carbocycles. The molecule has 3 rings (SSSR count). The fourth-order valence-corrected chi connectivity index (χ4v) is 2.93. The largest absolute Gasteiger partial charge is 0.492 e. The lowest BCUT2D eigenvalue weighted by atomic mass is 10.1. The summed E-state index contributed by atoms with van der Waals surface area (Å²) in [6.07, 6.45) is 0.300. The molecule has 0 saturated carbocycles. The molecule has 0 aromatic heterocycles. The summed E-state index contributed by atoms with van der Waals surface area (Å²) in [5.41, 5.74) is 0.825. The molecule has 1 amide bonds. The third-order valence-electron chi connectivity index (χ3n) is 4.48. The molecule has 0 bridgehead atoms. The van der Waals surface area contributed by atoms with Gasteiger partial charge in [-0.3, -0.25) is 9.69 Å². The first kappa shape index (κ1) is 18.3. The van der Waals surface area contributed by atoms with Gasteiger partial charge >= 0.3 is 0 Å². The molecular formula is C20H22F2N2O2. The molecule has 1 saturated heterocycles. The Hall–Kier alpha value is -2.47. The number of hydrogen-bond donors (Lipinski definition) is 0. The van der Waals surface area contributed by atoms with E-state index in [1.807, 2.05) is 4.90 Å². The van der Waals surface area contributed by atoms with Crippen LogP contribution in [0.15, 0.2) is 48.5 Å². The summed E-state index contributed by atoms with van der Waals surface area (Å²) in [4.78, 5) is 16.4. The van der Waals surface area contributed by atoms with Crippen LogP contribution in [0.4, 0.5) is 8.78 Å². The lowest BCUT2D eigenvalue weighted by Gasteiger charge is -2.34. The molecular weight excluding hydrogens is 338 g/mol. The van der Waals surface area contributed by atoms with Gasteiger partial charge in [-0.05, 0) is 42.0 Å². The van der Waals surface area contributed by atoms with Crippen LogP contribution in [0.2, 0.25) is 0 Å². The quantitative estimate of drug-likeness (QED) is 0.794. The van der Waals surface area contributed by atoms with Crippen molar-refractivity contribution in [3.8, 4) is 5.75 Å². The molecule has 4 nitrogen and oxygen atoms in total. The van der Waals surface area contributed by atoms with E-state index >= 15 is 0 Å². The van der Waals surface area contributed by atoms with Gasteiger partial charge in [0.1, 0.15) is 24.0 Å². The number of hydrogen-bond acceptors (Lipinski definition) is 3. The summed E-state index contributed by atoms with van der Waals surface area (Å²) in [5, 5.41) is 0. The van der Waals surface area contributed by atoms with Gasteiger partial charge in [0, 0.05) is 32.7 Å². The molecule has 1 heterocycles. The van der Waals surface area contributed by atoms with E-state index in [4.69, 9.17) is 4.74 Å². The molecule has 1 aliphatic rings. The SMILES string of the molecule is O=C(Cc1ccc(F)cc1)N1CCN(CCOc2ccc(F)cc2)CC1. The van der Waals surface area contributed by atoms with E-state index < -0.39 is 0 Å². The first-order valence-corrected chi connectivity index (χ1v) is 8.73. The minimum absolute atomic E-state index is 0.0684. The zero-order valence-corrected chi connectivity index (χ0v) is 14.5. The molecule has 26 heavy (non-hydrogen) atoms. The van der Waals surface area contributed by atoms with Gasteiger partial charge in [-0.1, -0.05) is 12.1 Å². The van der Waals surface area contributed by atoms with E-state index in [9.17, 15) is 13.6 Å². The van der Waals surface area contributed by atoms with E-state index in [1.165, 1.54) is 24.3 Å². The Morgan fingerprint density at radius 2 is 1.46 bits per heavy atom. The van der Waals surface area contributed by atoms with Crippen molar-refractivity contribution < 1.29 is 18.3 Å². The predicted octanol–water partition coefficient (Wildman–Crippen LogP) is 2.73. The number of carbonyl (C=O) groups excluding carboxylic acids is 1. The molecule has 0 spiro atoms. The van der Waals surface area contributed by atoms with Crippen LogP contribution in [0.3, 0.4) is 0 Å². The highest BCUT2D eigenvalue weighted by Crippen LogP contribution is 2.12. The Morgan fingerprint density at radius 1 is 0.885 bits per heavy atom. The van der Waals surface area contributed by atoms with Crippen LogP contribution in [0.25, 0.3) is 0 Å². The van der Waals surface area contributed by atoms with E-state index in [1.54, 1.807) is 24.3 Å². The Kier molecular flexibility index (Phi) is 6.17. The van der Waals surface area contributed by atoms with Gasteiger partial charge in [0.2, 0.25) is 5.91 Å². The Labute approximate surface area is 152 Å². The molecule has 138 valence electrons. The van der Waals surface area contributed by atoms with Crippen molar-refractivity contribution >= 4 is 5.91 Å². The van der Waals surface area contributed by atoms with Crippen molar-refractivity contribution in [2.24, 2.45) is 0 Å². The van der Waals surface area contributed by atoms with Crippen LogP contribution in [0.5, 0.6) is 5.75 Å². The fraction of sp³-hybridized carbons (Fsp3) is 0.350. The number of benzene rings is 2. The summed E-state index contributed by atoms with van der Waals surface area (Å²) >= 11 is 0. The average Bonchev–Trinajstić information content (AvgIpc) is 2.66. The molecule has 2 aromatic rings. The molecule has 1 aliphatic heterocycles. The van der Waals surface area contributed by atoms with Crippen molar-refractivity contribution in [2.75, 3.05) is 39.3 Å². The van der Waals surface area contributed by atoms with Gasteiger partial charge in [-0.2, -0.15) is 0 Å². The van der Waals surface area contributed by atoms with Crippen molar-refractivity contribution in [3.05, 3.63) is 65.7 Å². The first-order valence-electron chi connectivity index (χ1n) is 8.73. The predicted molar refractivity (Wildman–Crippen MR) is 95.0 cm³/mol. The van der Waals surface area contributed by atoms with Gasteiger partial charge in [-0.25, -0.2) is 8.78 Å². The third kappa shape index (κ3) is 5.26. The van der Waals surface area contributed by atoms with Gasteiger partial charge in [0.25, 0.3) is 0 Å². The maximum atomic E-state index is 12.9. The second-order valence-corrected chi connectivity index (χ2v) is 6.33. The maximum Gasteiger partial charge on any atom is 0.227 e. The maximum absolute atomic E-state index is 12.9. The summed E-state index contributed by atoms with van der Waals surface area (Å²) in [6, 6.07) is 12.0. The van der Waals surface area contributed by atoms with Crippen LogP contribution >= 0.6 is 0 Å². The Morgan fingerprint density at radius 3 is 2.08 bits per heavy atom. The van der Waals surface area contributed by atoms with Crippen molar-refractivity contribution in [3.63, 3.8) is 0 Å². The normalized spacial score (nSPS) is 15.1. The molecule has 0 radical (unpaired) electrons. The highest BCUT2D eigenvalue weighted by Gasteiger charge is 2.21. The number of piperazine rings is 1. The second kappa shape index (κ2) is 8.76. The summed E-state index contributed by atoms with van der Waals surface area (Å²) in [6.45, 7) is 4.23. The monoisotopic (exact) mass is 360 g/mol. The number of rotatable bonds is 6. The summed E-state index contributed by atoms with van der Waals surface area (Å²) in [5.74, 6) is 0.148. The first-order chi connectivity index (χ1) is 12.6. The van der Waals surface area contributed by atoms with Gasteiger partial charge in [0.05, 0.1) is 6.42 Å². The molecule has 2 aromatic carbocycles. The lowest BCUT2D eigenvalue weighted by Crippen LogP contribution is -2.49. The number of ether oxygens (including phenoxy) is 1. The lowest BCUT2D eigenvalue weighted by molar-refractivity contribution is -0.132. The van der Waals surface area contributed by atoms with Gasteiger partial charge < -0.3 is 9.64 Å². The Bertz CT molecular complexity index is 712. The van der Waals surface area contributed by atoms with Crippen LogP contribution in [0, 0.1) is 11.6 Å². The van der Waals surface area contributed by atoms with Gasteiger partial charge in [-0.15, -0.1) is 0 Å². The third-order valence-corrected chi connectivity index (χ3v) is 4.48. The second-order valence-electron chi connectivity index (χ2n) is 6.33. The number of nitrogens with zero attached hydrogens (tertiary/aromatic N) is 2. The van der Waals surface area contributed by atoms with E-state index in [0.717, 1.165) is 25.2 Å². The van der Waals surface area contributed by atoms with Crippen LogP contribution in [0.1, 0.15) is 5.56 Å². The smallest absolute Gasteiger partial charge is 0.227 e. The van der Waals surface area contributed by atoms with Crippen molar-refractivity contribution in [2.45, 2.75) is 6.42 Å². The van der Waals surface area contributed by atoms with Crippen LogP contribution < -0.4 is 4.74 Å². The minimum Gasteiger partial charge on any atom is -0.492 e. The summed E-state index contributed by atoms with van der Waals surface area (Å²) in [7, 11) is 0. The zero-order valence-electron chi connectivity index (χ0n) is 14.5. The van der Waals surface area contributed by atoms with E-state index in [-0.39, 0.29) is 17.5 Å². The minimum atomic E-state index is -0.294. The Balaban J connectivity index is 1.37.